The second-order valence-electron chi connectivity index (χ2n) is 22.7. The molecule has 0 saturated carbocycles. The highest BCUT2D eigenvalue weighted by atomic mass is 32.2. The van der Waals surface area contributed by atoms with Crippen LogP contribution in [0, 0.1) is 40.5 Å². The van der Waals surface area contributed by atoms with Gasteiger partial charge in [0, 0.05) is 111 Å². The van der Waals surface area contributed by atoms with Crippen LogP contribution in [-0.2, 0) is 42.6 Å². The Morgan fingerprint density at radius 3 is 1.54 bits per heavy atom. The fourth-order valence-corrected chi connectivity index (χ4v) is 11.7. The standard InChI is InChI=1S/C65H71N17O22S2/c83-29-25-77(26-30-84)64-72-59(71-61(74-64)68-48-15-9-44(10-16-48)56(87)4-2-34-103-33-1-3-43-14-20-51(79(89)90)40-54(43)81(93)94)38-42-5-6-45(57(37-42)105(97,98)99)7-8-46-11-19-50(39-58(46)106(100,101)102)70-63-73-62(75-65(76-63)78(27-31-85)28-32-86)69-49-17-12-47(13-18-49)60(88)67-24-36-104-35-23-66-53-22-21-52(80(91)92)41-55(53)82(95)96/h5-22,37,39-41,66,83-86H,1-4,23-36,38H2,(H,67,88)(H,97,98,99)(H,100,101,102)(H,68,71,72,74)(H2,69,70,73,75,76)/b8-7+. The number of aromatic nitrogens is 6. The summed E-state index contributed by atoms with van der Waals surface area (Å²) in [6.45, 7) is -0.893. The number of nitro groups is 4. The van der Waals surface area contributed by atoms with Crippen LogP contribution in [0.3, 0.4) is 0 Å². The number of aryl methyl sites for hydroxylation is 1. The van der Waals surface area contributed by atoms with Gasteiger partial charge in [-0.15, -0.1) is 0 Å². The monoisotopic (exact) mass is 1510 g/mol. The number of nitrogens with one attached hydrogen (secondary N) is 5. The summed E-state index contributed by atoms with van der Waals surface area (Å²) in [5.74, 6) is -1.03. The van der Waals surface area contributed by atoms with Gasteiger partial charge in [0.05, 0.1) is 71.5 Å². The minimum absolute atomic E-state index is 0.00596. The van der Waals surface area contributed by atoms with Gasteiger partial charge in [0.15, 0.2) is 5.78 Å². The molecule has 0 unspecified atom stereocenters. The highest BCUT2D eigenvalue weighted by Crippen LogP contribution is 2.32. The van der Waals surface area contributed by atoms with Gasteiger partial charge in [-0.1, -0.05) is 30.4 Å². The van der Waals surface area contributed by atoms with Crippen molar-refractivity contribution in [2.24, 2.45) is 0 Å². The molecule has 106 heavy (non-hydrogen) atoms. The lowest BCUT2D eigenvalue weighted by Crippen LogP contribution is -2.32. The van der Waals surface area contributed by atoms with Crippen LogP contribution in [0.1, 0.15) is 68.1 Å². The lowest BCUT2D eigenvalue weighted by molar-refractivity contribution is -0.394. The number of anilines is 9. The van der Waals surface area contributed by atoms with Crippen molar-refractivity contribution in [3.8, 4) is 0 Å². The summed E-state index contributed by atoms with van der Waals surface area (Å²) >= 11 is 0. The minimum atomic E-state index is -5.07. The number of carbonyl (C=O) groups is 2. The fraction of sp³-hybridized carbons (Fsp3) is 0.292. The predicted octanol–water partition coefficient (Wildman–Crippen LogP) is 6.23. The summed E-state index contributed by atoms with van der Waals surface area (Å²) in [6.07, 6.45) is 3.26. The van der Waals surface area contributed by atoms with Crippen molar-refractivity contribution >= 4 is 119 Å². The number of rotatable bonds is 43. The molecule has 0 aliphatic rings. The number of aliphatic hydroxyl groups excluding tert-OH is 4. The molecule has 39 nitrogen and oxygen atoms in total. The third-order valence-corrected chi connectivity index (χ3v) is 17.1. The molecule has 0 aliphatic heterocycles. The number of non-ortho nitro benzene ring substituents is 2. The molecule has 0 saturated heterocycles. The van der Waals surface area contributed by atoms with Crippen molar-refractivity contribution < 1.29 is 85.1 Å². The van der Waals surface area contributed by atoms with Crippen LogP contribution in [0.5, 0.6) is 0 Å². The third-order valence-electron chi connectivity index (χ3n) is 15.3. The van der Waals surface area contributed by atoms with Gasteiger partial charge in [0.1, 0.15) is 21.3 Å². The number of benzene rings is 6. The lowest BCUT2D eigenvalue weighted by Gasteiger charge is -2.21. The first-order chi connectivity index (χ1) is 50.7. The zero-order valence-corrected chi connectivity index (χ0v) is 57.7. The van der Waals surface area contributed by atoms with E-state index in [9.17, 15) is 96.4 Å². The Bertz CT molecular complexity index is 4430. The Morgan fingerprint density at radius 2 is 0.981 bits per heavy atom. The van der Waals surface area contributed by atoms with E-state index in [-0.39, 0.29) is 192 Å². The molecule has 0 aliphatic carbocycles. The normalized spacial score (nSPS) is 11.5. The maximum absolute atomic E-state index is 13.1. The third kappa shape index (κ3) is 23.4. The van der Waals surface area contributed by atoms with Gasteiger partial charge in [-0.05, 0) is 115 Å². The quantitative estimate of drug-likeness (QED) is 0.00504. The number of hydrogen-bond donors (Lipinski definition) is 11. The van der Waals surface area contributed by atoms with Crippen molar-refractivity contribution in [2.75, 3.05) is 123 Å². The van der Waals surface area contributed by atoms with E-state index in [1.165, 1.54) is 88.7 Å². The molecule has 0 bridgehead atoms. The largest absolute Gasteiger partial charge is 0.395 e. The van der Waals surface area contributed by atoms with Gasteiger partial charge >= 0.3 is 0 Å². The number of ether oxygens (including phenoxy) is 2. The van der Waals surface area contributed by atoms with E-state index in [1.54, 1.807) is 24.3 Å². The second kappa shape index (κ2) is 38.1. The smallest absolute Gasteiger partial charge is 0.299 e. The molecule has 0 atom stereocenters. The molecular formula is C65H71N17O22S2. The first kappa shape index (κ1) is 79.9. The topological polar surface area (TPSA) is 559 Å². The molecule has 11 N–H and O–H groups in total. The number of nitro benzene ring substituents is 4. The number of Topliss-reactive ketones (excluding diaryl/α,β-unsaturated/α-hetero) is 1. The van der Waals surface area contributed by atoms with E-state index < -0.39 is 72.7 Å². The summed E-state index contributed by atoms with van der Waals surface area (Å²) in [5.41, 5.74) is 0.0473. The Kier molecular flexibility index (Phi) is 28.7. The zero-order chi connectivity index (χ0) is 76.5. The maximum Gasteiger partial charge on any atom is 0.299 e. The summed E-state index contributed by atoms with van der Waals surface area (Å²) in [6, 6.07) is 26.6. The second-order valence-corrected chi connectivity index (χ2v) is 25.5. The summed E-state index contributed by atoms with van der Waals surface area (Å²) < 4.78 is 84.5. The van der Waals surface area contributed by atoms with Crippen molar-refractivity contribution in [3.63, 3.8) is 0 Å². The Labute approximate surface area is 603 Å². The van der Waals surface area contributed by atoms with E-state index in [2.05, 4.69) is 56.5 Å². The average Bonchev–Trinajstić information content (AvgIpc) is 0.803. The number of nitrogens with zero attached hydrogens (tertiary/aromatic N) is 12. The molecule has 8 rings (SSSR count). The van der Waals surface area contributed by atoms with Crippen LogP contribution in [0.2, 0.25) is 0 Å². The minimum Gasteiger partial charge on any atom is -0.395 e. The molecule has 0 spiro atoms. The van der Waals surface area contributed by atoms with Crippen LogP contribution in [0.15, 0.2) is 131 Å². The highest BCUT2D eigenvalue weighted by Gasteiger charge is 2.24. The van der Waals surface area contributed by atoms with E-state index in [1.807, 2.05) is 0 Å². The lowest BCUT2D eigenvalue weighted by atomic mass is 10.1. The number of ketones is 1. The number of carbonyl (C=O) groups excluding carboxylic acids is 2. The van der Waals surface area contributed by atoms with Gasteiger partial charge in [-0.3, -0.25) is 59.2 Å². The van der Waals surface area contributed by atoms with Crippen LogP contribution in [0.4, 0.5) is 75.2 Å². The molecule has 2 aromatic heterocycles. The molecule has 0 radical (unpaired) electrons. The van der Waals surface area contributed by atoms with E-state index >= 15 is 0 Å². The molecule has 560 valence electrons. The zero-order valence-electron chi connectivity index (χ0n) is 56.0. The van der Waals surface area contributed by atoms with Crippen molar-refractivity contribution in [1.82, 2.24) is 35.2 Å². The van der Waals surface area contributed by atoms with Crippen LogP contribution < -0.4 is 36.4 Å². The predicted molar refractivity (Wildman–Crippen MR) is 383 cm³/mol. The SMILES string of the molecule is O=C(CCCOCCCc1ccc([N+](=O)[O-])cc1[N+](=O)[O-])c1ccc(Nc2nc(Cc3ccc(/C=C/c4ccc(Nc5nc(Nc6ccc(C(=O)NCCOCCNc7ccc([N+](=O)[O-])cc7[N+](=O)[O-])cc6)nc(N(CCO)CCO)n5)cc4S(=O)(=O)O)c(S(=O)(=O)O)c3)nc(N(CCO)CCO)n2)cc1. The molecule has 1 amide bonds. The van der Waals surface area contributed by atoms with Crippen LogP contribution in [-0.4, -0.2) is 200 Å². The van der Waals surface area contributed by atoms with Gasteiger partial charge in [0.2, 0.25) is 29.7 Å². The van der Waals surface area contributed by atoms with Crippen LogP contribution in [0.25, 0.3) is 12.2 Å². The Balaban J connectivity index is 0.914. The molecular weight excluding hydrogens is 1430 g/mol. The average molecular weight is 1510 g/mol. The van der Waals surface area contributed by atoms with Gasteiger partial charge in [0.25, 0.3) is 48.9 Å². The number of hydrogen-bond acceptors (Lipinski definition) is 32. The van der Waals surface area contributed by atoms with E-state index in [4.69, 9.17) is 9.47 Å². The first-order valence-corrected chi connectivity index (χ1v) is 35.0. The molecule has 0 fully saturated rings. The molecule has 2 heterocycles. The first-order valence-electron chi connectivity index (χ1n) is 32.1. The van der Waals surface area contributed by atoms with Gasteiger partial charge in [-0.2, -0.15) is 46.7 Å². The van der Waals surface area contributed by atoms with Crippen molar-refractivity contribution in [2.45, 2.75) is 41.9 Å². The maximum atomic E-state index is 13.1. The molecule has 8 aromatic rings. The fourth-order valence-electron chi connectivity index (χ4n) is 10.3. The summed E-state index contributed by atoms with van der Waals surface area (Å²) in [7, 11) is -10.1. The molecule has 41 heteroatoms. The summed E-state index contributed by atoms with van der Waals surface area (Å²) in [5, 5.41) is 98.9. The number of aliphatic hydroxyl groups is 4. The highest BCUT2D eigenvalue weighted by molar-refractivity contribution is 7.86. The van der Waals surface area contributed by atoms with Gasteiger partial charge < -0.3 is 66.3 Å². The molecule has 6 aromatic carbocycles. The van der Waals surface area contributed by atoms with E-state index in [0.29, 0.717) is 35.3 Å². The number of amides is 1. The van der Waals surface area contributed by atoms with Gasteiger partial charge in [-0.25, -0.2) is 0 Å². The Morgan fingerprint density at radius 1 is 0.500 bits per heavy atom. The van der Waals surface area contributed by atoms with Crippen molar-refractivity contribution in [3.05, 3.63) is 201 Å². The Hall–Kier alpha value is -11.8. The summed E-state index contributed by atoms with van der Waals surface area (Å²) in [4.78, 5) is 96.6. The van der Waals surface area contributed by atoms with Crippen LogP contribution >= 0.6 is 0 Å². The van der Waals surface area contributed by atoms with E-state index in [0.717, 1.165) is 30.3 Å². The van der Waals surface area contributed by atoms with Crippen molar-refractivity contribution in [1.29, 1.82) is 0 Å².